The minimum atomic E-state index is -4.38. The summed E-state index contributed by atoms with van der Waals surface area (Å²) in [6, 6.07) is 11.5. The lowest BCUT2D eigenvalue weighted by molar-refractivity contribution is -0.137. The van der Waals surface area contributed by atoms with Crippen LogP contribution in [0.4, 0.5) is 29.3 Å². The van der Waals surface area contributed by atoms with E-state index in [4.69, 9.17) is 4.74 Å². The molecular formula is C21H22F3N3O3. The van der Waals surface area contributed by atoms with E-state index in [9.17, 15) is 22.8 Å². The van der Waals surface area contributed by atoms with Gasteiger partial charge in [-0.05, 0) is 48.4 Å². The summed E-state index contributed by atoms with van der Waals surface area (Å²) < 4.78 is 42.9. The summed E-state index contributed by atoms with van der Waals surface area (Å²) in [4.78, 5) is 27.7. The third-order valence-electron chi connectivity index (χ3n) is 4.70. The molecule has 6 nitrogen and oxygen atoms in total. The Hall–Kier alpha value is -3.07. The maximum absolute atomic E-state index is 12.9. The molecule has 0 radical (unpaired) electrons. The molecule has 2 aromatic carbocycles. The van der Waals surface area contributed by atoms with Crippen LogP contribution in [0.3, 0.4) is 0 Å². The van der Waals surface area contributed by atoms with E-state index in [1.54, 1.807) is 34.1 Å². The van der Waals surface area contributed by atoms with Crippen molar-refractivity contribution in [3.63, 3.8) is 0 Å². The van der Waals surface area contributed by atoms with E-state index in [-0.39, 0.29) is 25.1 Å². The molecular weight excluding hydrogens is 399 g/mol. The topological polar surface area (TPSA) is 61.9 Å². The highest BCUT2D eigenvalue weighted by atomic mass is 19.4. The summed E-state index contributed by atoms with van der Waals surface area (Å²) in [5, 5.41) is 2.68. The molecule has 0 spiro atoms. The van der Waals surface area contributed by atoms with Crippen LogP contribution in [0.15, 0.2) is 48.5 Å². The molecule has 0 saturated carbocycles. The van der Waals surface area contributed by atoms with Crippen LogP contribution in [-0.2, 0) is 22.3 Å². The van der Waals surface area contributed by atoms with Crippen molar-refractivity contribution in [2.45, 2.75) is 19.1 Å². The van der Waals surface area contributed by atoms with Crippen molar-refractivity contribution in [1.29, 1.82) is 0 Å². The van der Waals surface area contributed by atoms with Gasteiger partial charge in [0.2, 0.25) is 5.91 Å². The number of nitrogens with one attached hydrogen (secondary N) is 1. The number of urea groups is 1. The maximum atomic E-state index is 12.9. The Morgan fingerprint density at radius 2 is 1.73 bits per heavy atom. The van der Waals surface area contributed by atoms with Crippen LogP contribution in [0.1, 0.15) is 17.5 Å². The molecule has 0 aromatic heterocycles. The third kappa shape index (κ3) is 5.29. The van der Waals surface area contributed by atoms with Gasteiger partial charge in [-0.1, -0.05) is 12.1 Å². The van der Waals surface area contributed by atoms with Gasteiger partial charge in [0, 0.05) is 38.1 Å². The highest BCUT2D eigenvalue weighted by Crippen LogP contribution is 2.29. The predicted molar refractivity (Wildman–Crippen MR) is 106 cm³/mol. The van der Waals surface area contributed by atoms with Gasteiger partial charge in [0.1, 0.15) is 6.61 Å². The highest BCUT2D eigenvalue weighted by Gasteiger charge is 2.30. The lowest BCUT2D eigenvalue weighted by atomic mass is 10.1. The monoisotopic (exact) mass is 421 g/mol. The molecule has 30 heavy (non-hydrogen) atoms. The Bertz CT molecular complexity index is 883. The van der Waals surface area contributed by atoms with Gasteiger partial charge in [-0.2, -0.15) is 13.2 Å². The number of hydrogen-bond donors (Lipinski definition) is 1. The summed E-state index contributed by atoms with van der Waals surface area (Å²) in [7, 11) is 1.43. The van der Waals surface area contributed by atoms with Gasteiger partial charge in [0.15, 0.2) is 0 Å². The van der Waals surface area contributed by atoms with Crippen molar-refractivity contribution in [3.8, 4) is 0 Å². The fraction of sp³-hybridized carbons (Fsp3) is 0.333. The Balaban J connectivity index is 1.65. The van der Waals surface area contributed by atoms with Crippen LogP contribution in [0.5, 0.6) is 0 Å². The van der Waals surface area contributed by atoms with Crippen molar-refractivity contribution >= 4 is 23.3 Å². The smallest absolute Gasteiger partial charge is 0.375 e. The largest absolute Gasteiger partial charge is 0.416 e. The van der Waals surface area contributed by atoms with Crippen LogP contribution >= 0.6 is 0 Å². The molecule has 9 heteroatoms. The first-order valence-corrected chi connectivity index (χ1v) is 9.39. The zero-order valence-electron chi connectivity index (χ0n) is 16.4. The number of rotatable bonds is 6. The van der Waals surface area contributed by atoms with E-state index in [1.807, 2.05) is 0 Å². The number of amides is 3. The van der Waals surface area contributed by atoms with Crippen LogP contribution < -0.4 is 10.2 Å². The molecule has 0 aliphatic carbocycles. The number of alkyl halides is 3. The summed E-state index contributed by atoms with van der Waals surface area (Å²) in [6.07, 6.45) is -3.65. The maximum Gasteiger partial charge on any atom is 0.416 e. The molecule has 1 N–H and O–H groups in total. The van der Waals surface area contributed by atoms with E-state index in [1.165, 1.54) is 19.2 Å². The highest BCUT2D eigenvalue weighted by molar-refractivity contribution is 5.94. The first-order chi connectivity index (χ1) is 14.3. The van der Waals surface area contributed by atoms with E-state index in [0.717, 1.165) is 18.6 Å². The zero-order valence-corrected chi connectivity index (χ0v) is 16.4. The van der Waals surface area contributed by atoms with Crippen molar-refractivity contribution in [3.05, 3.63) is 59.7 Å². The Kier molecular flexibility index (Phi) is 6.61. The minimum absolute atomic E-state index is 0.0503. The number of ether oxygens (including phenoxy) is 1. The number of carbonyl (C=O) groups is 2. The van der Waals surface area contributed by atoms with Crippen molar-refractivity contribution in [2.75, 3.05) is 37.0 Å². The SMILES string of the molecule is COCC(=O)Nc1ccc(N2CCCN(Cc3ccc(C(F)(F)F)cc3)C2=O)cc1. The number of methoxy groups -OCH3 is 1. The number of nitrogens with zero attached hydrogens (tertiary/aromatic N) is 2. The van der Waals surface area contributed by atoms with Crippen LogP contribution in [0, 0.1) is 0 Å². The molecule has 1 aliphatic rings. The van der Waals surface area contributed by atoms with E-state index in [2.05, 4.69) is 5.32 Å². The van der Waals surface area contributed by atoms with Gasteiger partial charge in [0.05, 0.1) is 5.56 Å². The second kappa shape index (κ2) is 9.17. The molecule has 0 bridgehead atoms. The Labute approximate surface area is 172 Å². The third-order valence-corrected chi connectivity index (χ3v) is 4.70. The lowest BCUT2D eigenvalue weighted by Crippen LogP contribution is -2.49. The van der Waals surface area contributed by atoms with E-state index in [0.29, 0.717) is 30.0 Å². The second-order valence-corrected chi connectivity index (χ2v) is 6.93. The zero-order chi connectivity index (χ0) is 21.7. The average Bonchev–Trinajstić information content (AvgIpc) is 2.70. The van der Waals surface area contributed by atoms with Gasteiger partial charge in [-0.3, -0.25) is 9.69 Å². The number of halogens is 3. The quantitative estimate of drug-likeness (QED) is 0.763. The number of anilines is 2. The number of carbonyl (C=O) groups excluding carboxylic acids is 2. The molecule has 1 heterocycles. The minimum Gasteiger partial charge on any atom is -0.375 e. The molecule has 1 fully saturated rings. The number of benzene rings is 2. The summed E-state index contributed by atoms with van der Waals surface area (Å²) in [5.74, 6) is -0.276. The van der Waals surface area contributed by atoms with Crippen molar-refractivity contribution in [1.82, 2.24) is 4.90 Å². The standard InChI is InChI=1S/C21H22F3N3O3/c1-30-14-19(28)25-17-7-9-18(10-8-17)27-12-2-11-26(20(27)29)13-15-3-5-16(6-4-15)21(22,23)24/h3-10H,2,11-14H2,1H3,(H,25,28). The average molecular weight is 421 g/mol. The summed E-state index contributed by atoms with van der Waals surface area (Å²) in [5.41, 5.74) is 1.19. The van der Waals surface area contributed by atoms with Gasteiger partial charge < -0.3 is 15.0 Å². The summed E-state index contributed by atoms with van der Waals surface area (Å²) >= 11 is 0. The van der Waals surface area contributed by atoms with E-state index < -0.39 is 11.7 Å². The first kappa shape index (κ1) is 21.6. The van der Waals surface area contributed by atoms with Crippen molar-refractivity contribution in [2.24, 2.45) is 0 Å². The Morgan fingerprint density at radius 1 is 1.07 bits per heavy atom. The molecule has 0 unspecified atom stereocenters. The predicted octanol–water partition coefficient (Wildman–Crippen LogP) is 4.12. The molecule has 2 aromatic rings. The molecule has 0 atom stereocenters. The molecule has 3 amide bonds. The van der Waals surface area contributed by atoms with Crippen LogP contribution in [-0.4, -0.2) is 43.6 Å². The second-order valence-electron chi connectivity index (χ2n) is 6.93. The first-order valence-electron chi connectivity index (χ1n) is 9.39. The fourth-order valence-electron chi connectivity index (χ4n) is 3.24. The summed E-state index contributed by atoms with van der Waals surface area (Å²) in [6.45, 7) is 1.25. The van der Waals surface area contributed by atoms with Gasteiger partial charge in [-0.25, -0.2) is 4.79 Å². The molecule has 160 valence electrons. The molecule has 1 saturated heterocycles. The van der Waals surface area contributed by atoms with Gasteiger partial charge >= 0.3 is 12.2 Å². The molecule has 3 rings (SSSR count). The lowest BCUT2D eigenvalue weighted by Gasteiger charge is -2.35. The normalized spacial score (nSPS) is 14.7. The van der Waals surface area contributed by atoms with Crippen molar-refractivity contribution < 1.29 is 27.5 Å². The van der Waals surface area contributed by atoms with Gasteiger partial charge in [0.25, 0.3) is 0 Å². The van der Waals surface area contributed by atoms with Crippen LogP contribution in [0.2, 0.25) is 0 Å². The van der Waals surface area contributed by atoms with Gasteiger partial charge in [-0.15, -0.1) is 0 Å². The fourth-order valence-corrected chi connectivity index (χ4v) is 3.24. The van der Waals surface area contributed by atoms with Crippen LogP contribution in [0.25, 0.3) is 0 Å². The van der Waals surface area contributed by atoms with E-state index >= 15 is 0 Å². The number of hydrogen-bond acceptors (Lipinski definition) is 3. The molecule has 1 aliphatic heterocycles. The Morgan fingerprint density at radius 3 is 2.33 bits per heavy atom.